The van der Waals surface area contributed by atoms with Crippen LogP contribution < -0.4 is 5.73 Å². The highest BCUT2D eigenvalue weighted by Crippen LogP contribution is 2.24. The van der Waals surface area contributed by atoms with Gasteiger partial charge in [0.2, 0.25) is 0 Å². The van der Waals surface area contributed by atoms with Gasteiger partial charge in [0.1, 0.15) is 0 Å². The maximum Gasteiger partial charge on any atom is 0.0184 e. The Balaban J connectivity index is 2.84. The number of hydrogen-bond donors (Lipinski definition) is 2. The van der Waals surface area contributed by atoms with E-state index in [4.69, 9.17) is 5.73 Å². The second-order valence-electron chi connectivity index (χ2n) is 2.99. The molecule has 0 bridgehead atoms. The molecular weight excluding hydrogens is 178 g/mol. The third-order valence-corrected chi connectivity index (χ3v) is 2.60. The molecule has 0 aromatic heterocycles. The maximum absolute atomic E-state index is 5.64. The summed E-state index contributed by atoms with van der Waals surface area (Å²) in [6.45, 7) is 0.578. The van der Waals surface area contributed by atoms with E-state index in [1.165, 1.54) is 16.3 Å². The quantitative estimate of drug-likeness (QED) is 0.662. The first kappa shape index (κ1) is 8.60. The van der Waals surface area contributed by atoms with Crippen LogP contribution in [0.25, 0.3) is 10.8 Å². The van der Waals surface area contributed by atoms with Crippen molar-refractivity contribution in [3.8, 4) is 0 Å². The average molecular weight is 189 g/mol. The van der Waals surface area contributed by atoms with Crippen LogP contribution >= 0.6 is 12.6 Å². The van der Waals surface area contributed by atoms with E-state index >= 15 is 0 Å². The Bertz CT molecular complexity index is 437. The Morgan fingerprint density at radius 3 is 2.46 bits per heavy atom. The van der Waals surface area contributed by atoms with Gasteiger partial charge in [-0.1, -0.05) is 30.3 Å². The molecule has 0 heterocycles. The second kappa shape index (κ2) is 3.40. The van der Waals surface area contributed by atoms with Gasteiger partial charge in [-0.3, -0.25) is 0 Å². The Kier molecular flexibility index (Phi) is 2.25. The molecule has 2 aromatic carbocycles. The Hall–Kier alpha value is -0.990. The summed E-state index contributed by atoms with van der Waals surface area (Å²) < 4.78 is 0. The first-order valence-corrected chi connectivity index (χ1v) is 4.67. The molecule has 0 unspecified atom stereocenters. The molecule has 0 radical (unpaired) electrons. The normalized spacial score (nSPS) is 10.6. The van der Waals surface area contributed by atoms with Crippen molar-refractivity contribution in [1.82, 2.24) is 0 Å². The maximum atomic E-state index is 5.64. The summed E-state index contributed by atoms with van der Waals surface area (Å²) in [5.74, 6) is 0. The average Bonchev–Trinajstić information content (AvgIpc) is 2.18. The van der Waals surface area contributed by atoms with Crippen molar-refractivity contribution < 1.29 is 0 Å². The van der Waals surface area contributed by atoms with Crippen LogP contribution in [0.3, 0.4) is 0 Å². The molecule has 0 aliphatic carbocycles. The SMILES string of the molecule is NCc1cccc2c(S)cccc12. The summed E-state index contributed by atoms with van der Waals surface area (Å²) >= 11 is 4.40. The summed E-state index contributed by atoms with van der Waals surface area (Å²) in [6.07, 6.45) is 0. The van der Waals surface area contributed by atoms with E-state index in [0.29, 0.717) is 6.54 Å². The third kappa shape index (κ3) is 1.43. The van der Waals surface area contributed by atoms with Gasteiger partial charge in [0.25, 0.3) is 0 Å². The van der Waals surface area contributed by atoms with Gasteiger partial charge in [-0.2, -0.15) is 0 Å². The minimum Gasteiger partial charge on any atom is -0.326 e. The second-order valence-corrected chi connectivity index (χ2v) is 3.48. The zero-order chi connectivity index (χ0) is 9.26. The van der Waals surface area contributed by atoms with Crippen LogP contribution in [0.2, 0.25) is 0 Å². The van der Waals surface area contributed by atoms with Crippen LogP contribution in [0.5, 0.6) is 0 Å². The van der Waals surface area contributed by atoms with Crippen molar-refractivity contribution in [3.05, 3.63) is 42.0 Å². The molecule has 0 aliphatic rings. The van der Waals surface area contributed by atoms with Crippen molar-refractivity contribution in [2.24, 2.45) is 5.73 Å². The lowest BCUT2D eigenvalue weighted by molar-refractivity contribution is 1.09. The van der Waals surface area contributed by atoms with E-state index < -0.39 is 0 Å². The van der Waals surface area contributed by atoms with Gasteiger partial charge < -0.3 is 5.73 Å². The molecule has 13 heavy (non-hydrogen) atoms. The largest absolute Gasteiger partial charge is 0.326 e. The summed E-state index contributed by atoms with van der Waals surface area (Å²) in [5, 5.41) is 2.38. The highest BCUT2D eigenvalue weighted by Gasteiger charge is 2.00. The topological polar surface area (TPSA) is 26.0 Å². The van der Waals surface area contributed by atoms with Gasteiger partial charge >= 0.3 is 0 Å². The van der Waals surface area contributed by atoms with E-state index in [1.807, 2.05) is 18.2 Å². The lowest BCUT2D eigenvalue weighted by Crippen LogP contribution is -1.96. The lowest BCUT2D eigenvalue weighted by Gasteiger charge is -2.05. The molecule has 2 aromatic rings. The molecule has 2 N–H and O–H groups in total. The van der Waals surface area contributed by atoms with Gasteiger partial charge in [-0.25, -0.2) is 0 Å². The van der Waals surface area contributed by atoms with Crippen molar-refractivity contribution >= 4 is 23.4 Å². The zero-order valence-electron chi connectivity index (χ0n) is 7.20. The highest BCUT2D eigenvalue weighted by atomic mass is 32.1. The van der Waals surface area contributed by atoms with E-state index in [0.717, 1.165) is 4.90 Å². The molecule has 0 aliphatic heterocycles. The molecule has 0 spiro atoms. The van der Waals surface area contributed by atoms with Gasteiger partial charge in [-0.15, -0.1) is 12.6 Å². The smallest absolute Gasteiger partial charge is 0.0184 e. The Labute approximate surface area is 83.0 Å². The van der Waals surface area contributed by atoms with Gasteiger partial charge in [0.15, 0.2) is 0 Å². The van der Waals surface area contributed by atoms with Crippen LogP contribution in [0.1, 0.15) is 5.56 Å². The minimum absolute atomic E-state index is 0.578. The van der Waals surface area contributed by atoms with Gasteiger partial charge in [-0.05, 0) is 22.4 Å². The summed E-state index contributed by atoms with van der Waals surface area (Å²) in [5.41, 5.74) is 6.82. The molecule has 0 saturated carbocycles. The number of nitrogens with two attached hydrogens (primary N) is 1. The van der Waals surface area contributed by atoms with E-state index in [9.17, 15) is 0 Å². The Morgan fingerprint density at radius 2 is 1.69 bits per heavy atom. The number of rotatable bonds is 1. The Morgan fingerprint density at radius 1 is 1.00 bits per heavy atom. The van der Waals surface area contributed by atoms with Crippen LogP contribution in [0.4, 0.5) is 0 Å². The van der Waals surface area contributed by atoms with Crippen LogP contribution in [0.15, 0.2) is 41.3 Å². The van der Waals surface area contributed by atoms with E-state index in [1.54, 1.807) is 0 Å². The summed E-state index contributed by atoms with van der Waals surface area (Å²) in [6, 6.07) is 12.2. The predicted molar refractivity (Wildman–Crippen MR) is 59.1 cm³/mol. The van der Waals surface area contributed by atoms with Gasteiger partial charge in [0.05, 0.1) is 0 Å². The number of fused-ring (bicyclic) bond motifs is 1. The fourth-order valence-corrected chi connectivity index (χ4v) is 1.82. The number of benzene rings is 2. The molecular formula is C11H11NS. The van der Waals surface area contributed by atoms with E-state index in [2.05, 4.69) is 30.8 Å². The van der Waals surface area contributed by atoms with Crippen molar-refractivity contribution in [2.45, 2.75) is 11.4 Å². The molecule has 0 amide bonds. The predicted octanol–water partition coefficient (Wildman–Crippen LogP) is 2.59. The fraction of sp³-hybridized carbons (Fsp3) is 0.0909. The first-order valence-electron chi connectivity index (χ1n) is 4.22. The van der Waals surface area contributed by atoms with Crippen LogP contribution in [-0.2, 0) is 6.54 Å². The number of hydrogen-bond acceptors (Lipinski definition) is 2. The molecule has 0 fully saturated rings. The van der Waals surface area contributed by atoms with E-state index in [-0.39, 0.29) is 0 Å². The molecule has 2 heteroatoms. The van der Waals surface area contributed by atoms with Gasteiger partial charge in [0, 0.05) is 11.4 Å². The summed E-state index contributed by atoms with van der Waals surface area (Å²) in [4.78, 5) is 1.01. The van der Waals surface area contributed by atoms with Crippen molar-refractivity contribution in [3.63, 3.8) is 0 Å². The standard InChI is InChI=1S/C11H11NS/c12-7-8-3-1-5-10-9(8)4-2-6-11(10)13/h1-6,13H,7,12H2. The zero-order valence-corrected chi connectivity index (χ0v) is 8.09. The molecule has 0 atom stereocenters. The third-order valence-electron chi connectivity index (χ3n) is 2.21. The van der Waals surface area contributed by atoms with Crippen molar-refractivity contribution in [1.29, 1.82) is 0 Å². The monoisotopic (exact) mass is 189 g/mol. The molecule has 66 valence electrons. The fourth-order valence-electron chi connectivity index (χ4n) is 1.54. The molecule has 2 rings (SSSR count). The lowest BCUT2D eigenvalue weighted by atomic mass is 10.0. The van der Waals surface area contributed by atoms with Crippen LogP contribution in [0, 0.1) is 0 Å². The first-order chi connectivity index (χ1) is 6.33. The number of thiol groups is 1. The molecule has 0 saturated heterocycles. The summed E-state index contributed by atoms with van der Waals surface area (Å²) in [7, 11) is 0. The molecule has 1 nitrogen and oxygen atoms in total. The minimum atomic E-state index is 0.578. The van der Waals surface area contributed by atoms with Crippen LogP contribution in [-0.4, -0.2) is 0 Å². The van der Waals surface area contributed by atoms with Crippen molar-refractivity contribution in [2.75, 3.05) is 0 Å². The highest BCUT2D eigenvalue weighted by molar-refractivity contribution is 7.80.